The molecular weight excluding hydrogens is 222 g/mol. The SMILES string of the molecule is CCNCC(C)c1nc(CSC(C)C)no1. The first-order valence-corrected chi connectivity index (χ1v) is 6.83. The van der Waals surface area contributed by atoms with Crippen LogP contribution in [-0.2, 0) is 5.75 Å². The number of rotatable bonds is 7. The quantitative estimate of drug-likeness (QED) is 0.797. The lowest BCUT2D eigenvalue weighted by Gasteiger charge is -2.05. The van der Waals surface area contributed by atoms with Crippen LogP contribution in [0.15, 0.2) is 4.52 Å². The molecular formula is C11H21N3OS. The summed E-state index contributed by atoms with van der Waals surface area (Å²) >= 11 is 1.83. The second kappa shape index (κ2) is 6.91. The lowest BCUT2D eigenvalue weighted by molar-refractivity contribution is 0.352. The Kier molecular flexibility index (Phi) is 5.84. The summed E-state index contributed by atoms with van der Waals surface area (Å²) in [5, 5.41) is 7.85. The fraction of sp³-hybridized carbons (Fsp3) is 0.818. The first kappa shape index (κ1) is 13.5. The Labute approximate surface area is 102 Å². The largest absolute Gasteiger partial charge is 0.339 e. The second-order valence-corrected chi connectivity index (χ2v) is 5.68. The van der Waals surface area contributed by atoms with Gasteiger partial charge in [-0.15, -0.1) is 0 Å². The Bertz CT molecular complexity index is 301. The molecule has 1 aromatic heterocycles. The van der Waals surface area contributed by atoms with Crippen LogP contribution in [0.5, 0.6) is 0 Å². The van der Waals surface area contributed by atoms with Crippen molar-refractivity contribution < 1.29 is 4.52 Å². The fourth-order valence-electron chi connectivity index (χ4n) is 1.22. The smallest absolute Gasteiger partial charge is 0.230 e. The summed E-state index contributed by atoms with van der Waals surface area (Å²) in [5.41, 5.74) is 0. The molecule has 0 saturated carbocycles. The number of likely N-dealkylation sites (N-methyl/N-ethyl adjacent to an activating group) is 1. The Hall–Kier alpha value is -0.550. The van der Waals surface area contributed by atoms with E-state index in [9.17, 15) is 0 Å². The number of hydrogen-bond donors (Lipinski definition) is 1. The van der Waals surface area contributed by atoms with Gasteiger partial charge in [-0.05, 0) is 11.8 Å². The van der Waals surface area contributed by atoms with Crippen LogP contribution in [0.3, 0.4) is 0 Å². The van der Waals surface area contributed by atoms with E-state index in [0.29, 0.717) is 5.25 Å². The Morgan fingerprint density at radius 3 is 2.75 bits per heavy atom. The molecule has 1 atom stereocenters. The molecule has 92 valence electrons. The molecule has 1 unspecified atom stereocenters. The zero-order valence-electron chi connectivity index (χ0n) is 10.5. The molecule has 0 fully saturated rings. The summed E-state index contributed by atoms with van der Waals surface area (Å²) in [6.07, 6.45) is 0. The van der Waals surface area contributed by atoms with Crippen molar-refractivity contribution in [1.29, 1.82) is 0 Å². The van der Waals surface area contributed by atoms with Gasteiger partial charge in [-0.3, -0.25) is 0 Å². The van der Waals surface area contributed by atoms with Gasteiger partial charge in [-0.25, -0.2) is 0 Å². The summed E-state index contributed by atoms with van der Waals surface area (Å²) in [4.78, 5) is 4.40. The normalized spacial score (nSPS) is 13.3. The maximum atomic E-state index is 5.24. The van der Waals surface area contributed by atoms with E-state index < -0.39 is 0 Å². The van der Waals surface area contributed by atoms with E-state index in [1.807, 2.05) is 11.8 Å². The lowest BCUT2D eigenvalue weighted by Crippen LogP contribution is -2.19. The molecule has 0 bridgehead atoms. The van der Waals surface area contributed by atoms with E-state index in [1.165, 1.54) is 0 Å². The average Bonchev–Trinajstić information content (AvgIpc) is 2.71. The molecule has 16 heavy (non-hydrogen) atoms. The highest BCUT2D eigenvalue weighted by atomic mass is 32.2. The molecule has 0 radical (unpaired) electrons. The van der Waals surface area contributed by atoms with Crippen molar-refractivity contribution >= 4 is 11.8 Å². The highest BCUT2D eigenvalue weighted by molar-refractivity contribution is 7.99. The highest BCUT2D eigenvalue weighted by Crippen LogP contribution is 2.17. The molecule has 4 nitrogen and oxygen atoms in total. The van der Waals surface area contributed by atoms with Crippen LogP contribution in [0.1, 0.15) is 45.3 Å². The van der Waals surface area contributed by atoms with Crippen molar-refractivity contribution in [1.82, 2.24) is 15.5 Å². The molecule has 0 aliphatic rings. The van der Waals surface area contributed by atoms with Gasteiger partial charge in [0.05, 0.1) is 5.75 Å². The van der Waals surface area contributed by atoms with Gasteiger partial charge in [0.1, 0.15) is 0 Å². The molecule has 0 saturated heterocycles. The summed E-state index contributed by atoms with van der Waals surface area (Å²) in [7, 11) is 0. The van der Waals surface area contributed by atoms with E-state index in [0.717, 1.165) is 30.6 Å². The molecule has 0 spiro atoms. The lowest BCUT2D eigenvalue weighted by atomic mass is 10.2. The molecule has 1 aromatic rings. The number of nitrogens with one attached hydrogen (secondary N) is 1. The topological polar surface area (TPSA) is 51.0 Å². The molecule has 1 N–H and O–H groups in total. The minimum absolute atomic E-state index is 0.283. The predicted octanol–water partition coefficient (Wildman–Crippen LogP) is 2.42. The average molecular weight is 243 g/mol. The van der Waals surface area contributed by atoms with E-state index in [4.69, 9.17) is 4.52 Å². The number of aromatic nitrogens is 2. The second-order valence-electron chi connectivity index (χ2n) is 4.12. The van der Waals surface area contributed by atoms with Crippen LogP contribution >= 0.6 is 11.8 Å². The Morgan fingerprint density at radius 1 is 1.38 bits per heavy atom. The Balaban J connectivity index is 2.43. The van der Waals surface area contributed by atoms with Gasteiger partial charge in [-0.1, -0.05) is 32.9 Å². The molecule has 0 aliphatic carbocycles. The van der Waals surface area contributed by atoms with Crippen LogP contribution in [0.4, 0.5) is 0 Å². The van der Waals surface area contributed by atoms with E-state index in [-0.39, 0.29) is 5.92 Å². The molecule has 5 heteroatoms. The minimum atomic E-state index is 0.283. The number of thioether (sulfide) groups is 1. The maximum Gasteiger partial charge on any atom is 0.230 e. The van der Waals surface area contributed by atoms with Crippen LogP contribution in [0.2, 0.25) is 0 Å². The summed E-state index contributed by atoms with van der Waals surface area (Å²) in [6.45, 7) is 10.4. The molecule has 0 amide bonds. The molecule has 1 rings (SSSR count). The fourth-order valence-corrected chi connectivity index (χ4v) is 1.82. The van der Waals surface area contributed by atoms with Crippen molar-refractivity contribution in [2.45, 2.75) is 44.6 Å². The van der Waals surface area contributed by atoms with Gasteiger partial charge in [0.2, 0.25) is 5.89 Å². The zero-order valence-corrected chi connectivity index (χ0v) is 11.3. The summed E-state index contributed by atoms with van der Waals surface area (Å²) in [5.74, 6) is 2.65. The van der Waals surface area contributed by atoms with Gasteiger partial charge in [0, 0.05) is 12.5 Å². The van der Waals surface area contributed by atoms with E-state index in [2.05, 4.69) is 43.2 Å². The third kappa shape index (κ3) is 4.53. The molecule has 1 heterocycles. The standard InChI is InChI=1S/C11H21N3OS/c1-5-12-6-9(4)11-13-10(14-15-11)7-16-8(2)3/h8-9,12H,5-7H2,1-4H3. The van der Waals surface area contributed by atoms with Crippen LogP contribution < -0.4 is 5.32 Å². The number of nitrogens with zero attached hydrogens (tertiary/aromatic N) is 2. The number of hydrogen-bond acceptors (Lipinski definition) is 5. The van der Waals surface area contributed by atoms with Crippen molar-refractivity contribution in [3.63, 3.8) is 0 Å². The third-order valence-electron chi connectivity index (χ3n) is 2.15. The molecule has 0 aliphatic heterocycles. The zero-order chi connectivity index (χ0) is 12.0. The van der Waals surface area contributed by atoms with Gasteiger partial charge in [0.25, 0.3) is 0 Å². The van der Waals surface area contributed by atoms with Gasteiger partial charge in [0.15, 0.2) is 5.82 Å². The van der Waals surface area contributed by atoms with Gasteiger partial charge < -0.3 is 9.84 Å². The third-order valence-corrected chi connectivity index (χ3v) is 3.24. The van der Waals surface area contributed by atoms with Crippen molar-refractivity contribution in [2.24, 2.45) is 0 Å². The molecule has 0 aromatic carbocycles. The first-order chi connectivity index (χ1) is 7.63. The summed E-state index contributed by atoms with van der Waals surface area (Å²) < 4.78 is 5.24. The van der Waals surface area contributed by atoms with Crippen LogP contribution in [0, 0.1) is 0 Å². The highest BCUT2D eigenvalue weighted by Gasteiger charge is 2.13. The van der Waals surface area contributed by atoms with E-state index in [1.54, 1.807) is 0 Å². The minimum Gasteiger partial charge on any atom is -0.339 e. The first-order valence-electron chi connectivity index (χ1n) is 5.78. The van der Waals surface area contributed by atoms with Gasteiger partial charge >= 0.3 is 0 Å². The van der Waals surface area contributed by atoms with Crippen molar-refractivity contribution in [3.05, 3.63) is 11.7 Å². The predicted molar refractivity (Wildman–Crippen MR) is 67.7 cm³/mol. The van der Waals surface area contributed by atoms with Crippen molar-refractivity contribution in [3.8, 4) is 0 Å². The van der Waals surface area contributed by atoms with Crippen molar-refractivity contribution in [2.75, 3.05) is 13.1 Å². The van der Waals surface area contributed by atoms with Crippen LogP contribution in [-0.4, -0.2) is 28.5 Å². The maximum absolute atomic E-state index is 5.24. The monoisotopic (exact) mass is 243 g/mol. The Morgan fingerprint density at radius 2 is 2.12 bits per heavy atom. The van der Waals surface area contributed by atoms with E-state index >= 15 is 0 Å². The van der Waals surface area contributed by atoms with Crippen LogP contribution in [0.25, 0.3) is 0 Å². The van der Waals surface area contributed by atoms with Gasteiger partial charge in [-0.2, -0.15) is 16.7 Å². The summed E-state index contributed by atoms with van der Waals surface area (Å²) in [6, 6.07) is 0.